The van der Waals surface area contributed by atoms with Gasteiger partial charge in [0, 0.05) is 0 Å². The Morgan fingerprint density at radius 3 is 2.67 bits per heavy atom. The van der Waals surface area contributed by atoms with Gasteiger partial charge in [-0.15, -0.1) is 0 Å². The van der Waals surface area contributed by atoms with E-state index in [2.05, 4.69) is 36.0 Å². The van der Waals surface area contributed by atoms with Gasteiger partial charge in [0.05, 0.1) is 0 Å². The molecule has 0 saturated carbocycles. The first-order valence-corrected chi connectivity index (χ1v) is 8.26. The average Bonchev–Trinajstić information content (AvgIpc) is 2.80. The van der Waals surface area contributed by atoms with Crippen LogP contribution in [0.15, 0.2) is 28.7 Å². The summed E-state index contributed by atoms with van der Waals surface area (Å²) in [6.07, 6.45) is 2.38. The van der Waals surface area contributed by atoms with Gasteiger partial charge in [-0.1, -0.05) is 0 Å². The predicted molar refractivity (Wildman–Crippen MR) is 81.9 cm³/mol. The third-order valence-corrected chi connectivity index (χ3v) is 5.18. The molecule has 6 heteroatoms. The number of benzene rings is 1. The fraction of sp³-hybridized carbons (Fsp3) is 0.467. The van der Waals surface area contributed by atoms with Crippen LogP contribution < -0.4 is 9.36 Å². The van der Waals surface area contributed by atoms with Gasteiger partial charge in [-0.25, -0.2) is 0 Å². The fourth-order valence-corrected chi connectivity index (χ4v) is 3.71. The Morgan fingerprint density at radius 1 is 1.05 bits per heavy atom. The van der Waals surface area contributed by atoms with Crippen molar-refractivity contribution < 1.29 is 4.42 Å². The van der Waals surface area contributed by atoms with Gasteiger partial charge in [-0.3, -0.25) is 0 Å². The second-order valence-corrected chi connectivity index (χ2v) is 6.57. The molecule has 3 fully saturated rings. The summed E-state index contributed by atoms with van der Waals surface area (Å²) in [5.41, 5.74) is 0.971. The summed E-state index contributed by atoms with van der Waals surface area (Å²) in [5, 5.41) is 8.54. The van der Waals surface area contributed by atoms with E-state index in [1.807, 2.05) is 24.3 Å². The molecule has 1 aromatic heterocycles. The third-order valence-electron chi connectivity index (χ3n) is 4.43. The molecule has 5 rings (SSSR count). The minimum absolute atomic E-state index is 0.542. The van der Waals surface area contributed by atoms with Crippen molar-refractivity contribution in [2.24, 2.45) is 0 Å². The quantitative estimate of drug-likeness (QED) is 0.752. The number of rotatable bonds is 2. The first kappa shape index (κ1) is 13.3. The van der Waals surface area contributed by atoms with Crippen LogP contribution >= 0.6 is 0 Å². The second kappa shape index (κ2) is 5.44. The number of piperidine rings is 1. The molecule has 21 heavy (non-hydrogen) atoms. The average molecular weight is 348 g/mol. The zero-order valence-electron chi connectivity index (χ0n) is 11.7. The van der Waals surface area contributed by atoms with Crippen molar-refractivity contribution in [3.63, 3.8) is 0 Å². The molecule has 1 aromatic carbocycles. The Labute approximate surface area is 132 Å². The molecular formula is C15H17N4OSe. The van der Waals surface area contributed by atoms with Crippen molar-refractivity contribution in [2.75, 3.05) is 31.1 Å². The standard InChI is InChI=1S/C15H17N4OSe/c21-13-4-2-1-3-12(13)14-16-17-15(20-14)19-10-9-18-7-5-11(19)6-8-18/h1-4,11H,5-10H2. The van der Waals surface area contributed by atoms with E-state index in [-0.39, 0.29) is 0 Å². The Morgan fingerprint density at radius 2 is 1.86 bits per heavy atom. The van der Waals surface area contributed by atoms with E-state index >= 15 is 0 Å². The summed E-state index contributed by atoms with van der Waals surface area (Å²) in [6, 6.07) is 9.21. The van der Waals surface area contributed by atoms with Gasteiger partial charge in [0.15, 0.2) is 0 Å². The normalized spacial score (nSPS) is 25.0. The molecular weight excluding hydrogens is 331 g/mol. The molecule has 0 unspecified atom stereocenters. The van der Waals surface area contributed by atoms with Gasteiger partial charge < -0.3 is 0 Å². The monoisotopic (exact) mass is 349 g/mol. The number of hydrogen-bond donors (Lipinski definition) is 0. The van der Waals surface area contributed by atoms with Crippen molar-refractivity contribution in [2.45, 2.75) is 18.9 Å². The molecule has 4 heterocycles. The van der Waals surface area contributed by atoms with Gasteiger partial charge in [-0.2, -0.15) is 0 Å². The van der Waals surface area contributed by atoms with E-state index in [4.69, 9.17) is 4.42 Å². The van der Waals surface area contributed by atoms with Crippen LogP contribution in [0.1, 0.15) is 12.8 Å². The van der Waals surface area contributed by atoms with E-state index in [0.29, 0.717) is 17.9 Å². The molecule has 0 amide bonds. The summed E-state index contributed by atoms with van der Waals surface area (Å²) in [6.45, 7) is 4.45. The summed E-state index contributed by atoms with van der Waals surface area (Å²) in [7, 11) is 0. The summed E-state index contributed by atoms with van der Waals surface area (Å²) < 4.78 is 7.00. The predicted octanol–water partition coefficient (Wildman–Crippen LogP) is 0.815. The number of nitrogens with zero attached hydrogens (tertiary/aromatic N) is 4. The SMILES string of the molecule is [Se]c1ccccc1-c1nnc(N2CCN3CCC2CC3)o1. The molecule has 3 aliphatic heterocycles. The number of aromatic nitrogens is 2. The van der Waals surface area contributed by atoms with E-state index in [0.717, 1.165) is 23.1 Å². The molecule has 1 radical (unpaired) electrons. The van der Waals surface area contributed by atoms with Crippen molar-refractivity contribution in [3.05, 3.63) is 24.3 Å². The number of fused-ring (bicyclic) bond motifs is 4. The van der Waals surface area contributed by atoms with Crippen molar-refractivity contribution in [1.82, 2.24) is 15.1 Å². The molecule has 2 bridgehead atoms. The van der Waals surface area contributed by atoms with E-state index < -0.39 is 0 Å². The Bertz CT molecular complexity index is 636. The van der Waals surface area contributed by atoms with Crippen LogP contribution in [0.2, 0.25) is 0 Å². The molecule has 109 valence electrons. The van der Waals surface area contributed by atoms with Gasteiger partial charge in [-0.05, 0) is 0 Å². The Balaban J connectivity index is 1.64. The van der Waals surface area contributed by atoms with Gasteiger partial charge >= 0.3 is 132 Å². The van der Waals surface area contributed by atoms with Gasteiger partial charge in [0.2, 0.25) is 0 Å². The molecule has 0 spiro atoms. The maximum atomic E-state index is 5.96. The molecule has 0 N–H and O–H groups in total. The van der Waals surface area contributed by atoms with Crippen LogP contribution in [-0.2, 0) is 0 Å². The summed E-state index contributed by atoms with van der Waals surface area (Å²) in [4.78, 5) is 4.82. The van der Waals surface area contributed by atoms with E-state index in [1.165, 1.54) is 25.9 Å². The van der Waals surface area contributed by atoms with Crippen molar-refractivity contribution in [1.29, 1.82) is 0 Å². The number of anilines is 1. The summed E-state index contributed by atoms with van der Waals surface area (Å²) in [5.74, 6) is 0.596. The Kier molecular flexibility index (Phi) is 3.45. The van der Waals surface area contributed by atoms with Crippen LogP contribution in [-0.4, -0.2) is 63.3 Å². The second-order valence-electron chi connectivity index (χ2n) is 5.65. The molecule has 5 nitrogen and oxygen atoms in total. The van der Waals surface area contributed by atoms with E-state index in [1.54, 1.807) is 0 Å². The first-order valence-electron chi connectivity index (χ1n) is 7.40. The molecule has 3 aliphatic rings. The molecule has 3 saturated heterocycles. The van der Waals surface area contributed by atoms with Gasteiger partial charge in [0.25, 0.3) is 0 Å². The molecule has 0 aliphatic carbocycles. The molecule has 0 atom stereocenters. The summed E-state index contributed by atoms with van der Waals surface area (Å²) >= 11 is 3.05. The number of hydrogen-bond acceptors (Lipinski definition) is 5. The van der Waals surface area contributed by atoms with Crippen LogP contribution in [0.3, 0.4) is 0 Å². The van der Waals surface area contributed by atoms with Crippen molar-refractivity contribution >= 4 is 26.5 Å². The Hall–Kier alpha value is -1.36. The van der Waals surface area contributed by atoms with Crippen LogP contribution in [0.4, 0.5) is 6.01 Å². The van der Waals surface area contributed by atoms with Crippen molar-refractivity contribution in [3.8, 4) is 11.5 Å². The fourth-order valence-electron chi connectivity index (χ4n) is 3.22. The zero-order chi connectivity index (χ0) is 14.2. The third kappa shape index (κ3) is 2.48. The first-order chi connectivity index (χ1) is 10.3. The minimum atomic E-state index is 0.542. The van der Waals surface area contributed by atoms with Crippen LogP contribution in [0, 0.1) is 0 Å². The van der Waals surface area contributed by atoms with Crippen LogP contribution in [0.5, 0.6) is 0 Å². The maximum absolute atomic E-state index is 5.96. The zero-order valence-corrected chi connectivity index (χ0v) is 13.4. The van der Waals surface area contributed by atoms with Crippen LogP contribution in [0.25, 0.3) is 11.5 Å². The molecule has 2 aromatic rings. The van der Waals surface area contributed by atoms with E-state index in [9.17, 15) is 0 Å². The topological polar surface area (TPSA) is 45.4 Å². The van der Waals surface area contributed by atoms with Gasteiger partial charge in [0.1, 0.15) is 0 Å².